The summed E-state index contributed by atoms with van der Waals surface area (Å²) < 4.78 is 5.06. The molecule has 0 aliphatic carbocycles. The van der Waals surface area contributed by atoms with E-state index in [9.17, 15) is 14.7 Å². The Kier molecular flexibility index (Phi) is 6.22. The molecule has 3 aromatic rings. The predicted octanol–water partition coefficient (Wildman–Crippen LogP) is 3.64. The molecule has 2 N–H and O–H groups in total. The average Bonchev–Trinajstić information content (AvgIpc) is 3.20. The maximum absolute atomic E-state index is 12.1. The van der Waals surface area contributed by atoms with Crippen molar-refractivity contribution in [2.24, 2.45) is 0 Å². The molecule has 2 aromatic carbocycles. The number of esters is 1. The minimum Gasteiger partial charge on any atom is -0.508 e. The van der Waals surface area contributed by atoms with Crippen LogP contribution in [0.4, 0.5) is 0 Å². The van der Waals surface area contributed by atoms with E-state index in [-0.39, 0.29) is 18.3 Å². The molecule has 0 saturated heterocycles. The molecule has 6 heteroatoms. The third-order valence-electron chi connectivity index (χ3n) is 3.93. The number of benzene rings is 2. The second-order valence-corrected chi connectivity index (χ2v) is 6.91. The van der Waals surface area contributed by atoms with Gasteiger partial charge in [0.05, 0.1) is 5.56 Å². The van der Waals surface area contributed by atoms with Gasteiger partial charge in [-0.25, -0.2) is 4.79 Å². The van der Waals surface area contributed by atoms with Gasteiger partial charge in [0.25, 0.3) is 5.91 Å². The standard InChI is InChI=1S/C21H19NO4S/c23-18-9-7-16(8-10-18)15-3-5-17(6-4-15)21(25)26-14-20(24)22-12-11-19-2-1-13-27-19/h1-10,13,23H,11-12,14H2,(H,22,24). The lowest BCUT2D eigenvalue weighted by molar-refractivity contribution is -0.124. The first-order chi connectivity index (χ1) is 13.1. The van der Waals surface area contributed by atoms with Crippen LogP contribution < -0.4 is 5.32 Å². The first kappa shape index (κ1) is 18.7. The highest BCUT2D eigenvalue weighted by Gasteiger charge is 2.10. The first-order valence-electron chi connectivity index (χ1n) is 8.47. The van der Waals surface area contributed by atoms with Gasteiger partial charge in [-0.2, -0.15) is 0 Å². The number of rotatable bonds is 7. The molecule has 0 unspecified atom stereocenters. The number of phenolic OH excluding ortho intramolecular Hbond substituents is 1. The van der Waals surface area contributed by atoms with Crippen molar-refractivity contribution >= 4 is 23.2 Å². The number of nitrogens with one attached hydrogen (secondary N) is 1. The number of carbonyl (C=O) groups is 2. The van der Waals surface area contributed by atoms with Crippen molar-refractivity contribution in [3.63, 3.8) is 0 Å². The van der Waals surface area contributed by atoms with E-state index in [1.807, 2.05) is 17.5 Å². The van der Waals surface area contributed by atoms with E-state index in [1.165, 1.54) is 4.88 Å². The smallest absolute Gasteiger partial charge is 0.338 e. The van der Waals surface area contributed by atoms with Gasteiger partial charge in [0.1, 0.15) is 5.75 Å². The van der Waals surface area contributed by atoms with Gasteiger partial charge in [0.15, 0.2) is 6.61 Å². The molecule has 1 amide bonds. The Labute approximate surface area is 161 Å². The van der Waals surface area contributed by atoms with Crippen molar-refractivity contribution < 1.29 is 19.4 Å². The van der Waals surface area contributed by atoms with Crippen molar-refractivity contribution in [2.45, 2.75) is 6.42 Å². The van der Waals surface area contributed by atoms with E-state index >= 15 is 0 Å². The number of aromatic hydroxyl groups is 1. The molecule has 0 spiro atoms. The average molecular weight is 381 g/mol. The van der Waals surface area contributed by atoms with Gasteiger partial charge in [-0.3, -0.25) is 4.79 Å². The molecular weight excluding hydrogens is 362 g/mol. The zero-order chi connectivity index (χ0) is 19.1. The van der Waals surface area contributed by atoms with Crippen LogP contribution in [-0.2, 0) is 16.0 Å². The van der Waals surface area contributed by atoms with Gasteiger partial charge in [-0.15, -0.1) is 11.3 Å². The van der Waals surface area contributed by atoms with E-state index in [0.29, 0.717) is 12.1 Å². The molecule has 27 heavy (non-hydrogen) atoms. The summed E-state index contributed by atoms with van der Waals surface area (Å²) in [4.78, 5) is 25.0. The lowest BCUT2D eigenvalue weighted by Gasteiger charge is -2.07. The third kappa shape index (κ3) is 5.43. The van der Waals surface area contributed by atoms with Crippen molar-refractivity contribution in [2.75, 3.05) is 13.2 Å². The summed E-state index contributed by atoms with van der Waals surface area (Å²) in [5.41, 5.74) is 2.22. The van der Waals surface area contributed by atoms with E-state index < -0.39 is 5.97 Å². The molecule has 0 saturated carbocycles. The van der Waals surface area contributed by atoms with Gasteiger partial charge in [0.2, 0.25) is 0 Å². The van der Waals surface area contributed by atoms with Crippen LogP contribution in [0.3, 0.4) is 0 Å². The Morgan fingerprint density at radius 1 is 0.963 bits per heavy atom. The zero-order valence-corrected chi connectivity index (χ0v) is 15.4. The van der Waals surface area contributed by atoms with E-state index in [1.54, 1.807) is 59.9 Å². The molecule has 0 bridgehead atoms. The Morgan fingerprint density at radius 3 is 2.26 bits per heavy atom. The highest BCUT2D eigenvalue weighted by Crippen LogP contribution is 2.22. The topological polar surface area (TPSA) is 75.6 Å². The van der Waals surface area contributed by atoms with Crippen LogP contribution in [-0.4, -0.2) is 30.1 Å². The molecule has 0 radical (unpaired) electrons. The summed E-state index contributed by atoms with van der Waals surface area (Å²) in [6.45, 7) is 0.210. The van der Waals surface area contributed by atoms with Crippen molar-refractivity contribution in [1.29, 1.82) is 0 Å². The van der Waals surface area contributed by atoms with Crippen LogP contribution in [0.25, 0.3) is 11.1 Å². The van der Waals surface area contributed by atoms with Crippen molar-refractivity contribution in [3.8, 4) is 16.9 Å². The molecule has 3 rings (SSSR count). The Hall–Kier alpha value is -3.12. The van der Waals surface area contributed by atoms with Gasteiger partial charge in [0, 0.05) is 11.4 Å². The fraction of sp³-hybridized carbons (Fsp3) is 0.143. The number of ether oxygens (including phenoxy) is 1. The fourth-order valence-corrected chi connectivity index (χ4v) is 3.21. The summed E-state index contributed by atoms with van der Waals surface area (Å²) in [6, 6.07) is 17.7. The van der Waals surface area contributed by atoms with Gasteiger partial charge in [-0.1, -0.05) is 30.3 Å². The number of hydrogen-bond donors (Lipinski definition) is 2. The second-order valence-electron chi connectivity index (χ2n) is 5.88. The van der Waals surface area contributed by atoms with Gasteiger partial charge >= 0.3 is 5.97 Å². The number of carbonyl (C=O) groups excluding carboxylic acids is 2. The summed E-state index contributed by atoms with van der Waals surface area (Å²) >= 11 is 1.64. The molecule has 5 nitrogen and oxygen atoms in total. The number of thiophene rings is 1. The van der Waals surface area contributed by atoms with Crippen LogP contribution in [0, 0.1) is 0 Å². The van der Waals surface area contributed by atoms with Crippen LogP contribution in [0.15, 0.2) is 66.0 Å². The SMILES string of the molecule is O=C(COC(=O)c1ccc(-c2ccc(O)cc2)cc1)NCCc1cccs1. The molecule has 0 fully saturated rings. The summed E-state index contributed by atoms with van der Waals surface area (Å²) in [7, 11) is 0. The summed E-state index contributed by atoms with van der Waals surface area (Å²) in [6.07, 6.45) is 0.760. The minimum atomic E-state index is -0.541. The summed E-state index contributed by atoms with van der Waals surface area (Å²) in [5.74, 6) is -0.658. The number of hydrogen-bond acceptors (Lipinski definition) is 5. The largest absolute Gasteiger partial charge is 0.508 e. The molecule has 1 aromatic heterocycles. The predicted molar refractivity (Wildman–Crippen MR) is 105 cm³/mol. The van der Waals surface area contributed by atoms with Crippen molar-refractivity contribution in [3.05, 3.63) is 76.5 Å². The number of amides is 1. The highest BCUT2D eigenvalue weighted by atomic mass is 32.1. The minimum absolute atomic E-state index is 0.201. The van der Waals surface area contributed by atoms with Crippen LogP contribution in [0.1, 0.15) is 15.2 Å². The lowest BCUT2D eigenvalue weighted by atomic mass is 10.0. The molecule has 1 heterocycles. The third-order valence-corrected chi connectivity index (χ3v) is 4.87. The van der Waals surface area contributed by atoms with Crippen LogP contribution >= 0.6 is 11.3 Å². The molecule has 0 aliphatic rings. The Bertz CT molecular complexity index is 887. The van der Waals surface area contributed by atoms with Crippen LogP contribution in [0.5, 0.6) is 5.75 Å². The quantitative estimate of drug-likeness (QED) is 0.613. The normalized spacial score (nSPS) is 10.4. The second kappa shape index (κ2) is 9.00. The van der Waals surface area contributed by atoms with E-state index in [4.69, 9.17) is 4.74 Å². The van der Waals surface area contributed by atoms with Gasteiger partial charge in [-0.05, 0) is 53.3 Å². The maximum atomic E-state index is 12.1. The number of phenols is 1. The maximum Gasteiger partial charge on any atom is 0.338 e. The highest BCUT2D eigenvalue weighted by molar-refractivity contribution is 7.09. The fourth-order valence-electron chi connectivity index (χ4n) is 2.50. The molecular formula is C21H19NO4S. The Morgan fingerprint density at radius 2 is 1.63 bits per heavy atom. The van der Waals surface area contributed by atoms with E-state index in [2.05, 4.69) is 5.32 Å². The molecule has 0 aliphatic heterocycles. The zero-order valence-electron chi connectivity index (χ0n) is 14.6. The van der Waals surface area contributed by atoms with Gasteiger partial charge < -0.3 is 15.2 Å². The van der Waals surface area contributed by atoms with Crippen LogP contribution in [0.2, 0.25) is 0 Å². The molecule has 0 atom stereocenters. The monoisotopic (exact) mass is 381 g/mol. The molecule has 138 valence electrons. The Balaban J connectivity index is 1.46. The van der Waals surface area contributed by atoms with E-state index in [0.717, 1.165) is 17.5 Å². The summed E-state index contributed by atoms with van der Waals surface area (Å²) in [5, 5.41) is 14.1. The first-order valence-corrected chi connectivity index (χ1v) is 9.35. The van der Waals surface area contributed by atoms with Crippen molar-refractivity contribution in [1.82, 2.24) is 5.32 Å². The lowest BCUT2D eigenvalue weighted by Crippen LogP contribution is -2.30.